The van der Waals surface area contributed by atoms with Crippen molar-refractivity contribution in [1.82, 2.24) is 15.0 Å². The fourth-order valence-corrected chi connectivity index (χ4v) is 8.09. The molecule has 10 rings (SSSR count). The van der Waals surface area contributed by atoms with E-state index in [1.54, 1.807) is 0 Å². The average molecular weight is 718 g/mol. The molecular weight excluding hydrogens is 683 g/mol. The van der Waals surface area contributed by atoms with Crippen molar-refractivity contribution in [2.45, 2.75) is 5.41 Å². The van der Waals surface area contributed by atoms with Crippen molar-refractivity contribution in [1.29, 1.82) is 0 Å². The summed E-state index contributed by atoms with van der Waals surface area (Å²) in [6, 6.07) is 74.1. The summed E-state index contributed by atoms with van der Waals surface area (Å²) >= 11 is 0. The Morgan fingerprint density at radius 3 is 1.14 bits per heavy atom. The molecule has 1 aliphatic rings. The molecule has 4 nitrogen and oxygen atoms in total. The summed E-state index contributed by atoms with van der Waals surface area (Å²) in [5.41, 5.74) is 11.4. The van der Waals surface area contributed by atoms with E-state index in [-0.39, 0.29) is 0 Å². The van der Waals surface area contributed by atoms with E-state index in [4.69, 9.17) is 19.7 Å². The molecule has 0 fully saturated rings. The lowest BCUT2D eigenvalue weighted by Crippen LogP contribution is -2.34. The minimum Gasteiger partial charge on any atom is -0.457 e. The van der Waals surface area contributed by atoms with Crippen molar-refractivity contribution in [3.8, 4) is 67.9 Å². The van der Waals surface area contributed by atoms with Gasteiger partial charge in [-0.25, -0.2) is 15.0 Å². The van der Waals surface area contributed by atoms with Crippen LogP contribution in [0.1, 0.15) is 22.3 Å². The third-order valence-electron chi connectivity index (χ3n) is 10.7. The lowest BCUT2D eigenvalue weighted by Gasteiger charge is -2.42. The number of hydrogen-bond acceptors (Lipinski definition) is 4. The second-order valence-electron chi connectivity index (χ2n) is 13.9. The summed E-state index contributed by atoms with van der Waals surface area (Å²) in [5, 5.41) is 0. The first-order valence-electron chi connectivity index (χ1n) is 18.9. The Kier molecular flexibility index (Phi) is 8.34. The minimum absolute atomic E-state index is 0.604. The molecule has 0 N–H and O–H groups in total. The maximum absolute atomic E-state index is 6.56. The molecule has 9 aromatic rings. The largest absolute Gasteiger partial charge is 0.457 e. The number of hydrogen-bond donors (Lipinski definition) is 0. The zero-order valence-electron chi connectivity index (χ0n) is 30.5. The second kappa shape index (κ2) is 14.1. The van der Waals surface area contributed by atoms with Gasteiger partial charge < -0.3 is 4.74 Å². The number of aromatic nitrogens is 3. The van der Waals surface area contributed by atoms with Gasteiger partial charge in [0.25, 0.3) is 0 Å². The average Bonchev–Trinajstić information content (AvgIpc) is 3.29. The topological polar surface area (TPSA) is 47.9 Å². The predicted molar refractivity (Wildman–Crippen MR) is 225 cm³/mol. The van der Waals surface area contributed by atoms with Crippen molar-refractivity contribution >= 4 is 0 Å². The van der Waals surface area contributed by atoms with Crippen LogP contribution in [0.4, 0.5) is 0 Å². The first-order chi connectivity index (χ1) is 27.8. The summed E-state index contributed by atoms with van der Waals surface area (Å²) < 4.78 is 6.56. The molecule has 0 amide bonds. The van der Waals surface area contributed by atoms with Crippen molar-refractivity contribution < 1.29 is 4.74 Å². The summed E-state index contributed by atoms with van der Waals surface area (Å²) in [6.07, 6.45) is 0. The fourth-order valence-electron chi connectivity index (χ4n) is 8.09. The number of rotatable bonds is 7. The van der Waals surface area contributed by atoms with Gasteiger partial charge in [0.15, 0.2) is 17.5 Å². The number of para-hydroxylation sites is 2. The van der Waals surface area contributed by atoms with E-state index >= 15 is 0 Å². The second-order valence-corrected chi connectivity index (χ2v) is 13.9. The summed E-state index contributed by atoms with van der Waals surface area (Å²) in [4.78, 5) is 14.7. The molecule has 264 valence electrons. The predicted octanol–water partition coefficient (Wildman–Crippen LogP) is 12.7. The number of benzene rings is 8. The van der Waals surface area contributed by atoms with Crippen molar-refractivity contribution in [3.63, 3.8) is 0 Å². The van der Waals surface area contributed by atoms with Gasteiger partial charge in [-0.1, -0.05) is 200 Å². The van der Waals surface area contributed by atoms with E-state index in [1.807, 2.05) is 72.8 Å². The maximum atomic E-state index is 6.56. The van der Waals surface area contributed by atoms with E-state index < -0.39 is 5.41 Å². The van der Waals surface area contributed by atoms with Gasteiger partial charge in [0.1, 0.15) is 11.5 Å². The Balaban J connectivity index is 1.04. The molecule has 1 aliphatic heterocycles. The minimum atomic E-state index is -0.604. The van der Waals surface area contributed by atoms with Gasteiger partial charge in [-0.15, -0.1) is 0 Å². The van der Waals surface area contributed by atoms with Gasteiger partial charge >= 0.3 is 0 Å². The molecule has 0 saturated heterocycles. The van der Waals surface area contributed by atoms with Crippen LogP contribution >= 0.6 is 0 Å². The van der Waals surface area contributed by atoms with Crippen molar-refractivity contribution in [2.24, 2.45) is 0 Å². The monoisotopic (exact) mass is 717 g/mol. The van der Waals surface area contributed by atoms with Crippen LogP contribution in [0.3, 0.4) is 0 Å². The molecular formula is C52H35N3O. The third-order valence-corrected chi connectivity index (χ3v) is 10.7. The first kappa shape index (κ1) is 33.2. The van der Waals surface area contributed by atoms with Crippen LogP contribution in [0.2, 0.25) is 0 Å². The molecule has 0 saturated carbocycles. The molecule has 0 bridgehead atoms. The Bertz CT molecular complexity index is 2700. The van der Waals surface area contributed by atoms with Crippen LogP contribution in [-0.2, 0) is 5.41 Å². The van der Waals surface area contributed by atoms with Crippen molar-refractivity contribution in [3.05, 3.63) is 235 Å². The highest BCUT2D eigenvalue weighted by molar-refractivity contribution is 5.80. The molecule has 4 heteroatoms. The summed E-state index contributed by atoms with van der Waals surface area (Å²) in [7, 11) is 0. The molecule has 8 aromatic carbocycles. The number of ether oxygens (including phenoxy) is 1. The van der Waals surface area contributed by atoms with E-state index in [0.717, 1.165) is 56.0 Å². The van der Waals surface area contributed by atoms with E-state index in [0.29, 0.717) is 17.5 Å². The Morgan fingerprint density at radius 2 is 0.643 bits per heavy atom. The Morgan fingerprint density at radius 1 is 0.286 bits per heavy atom. The van der Waals surface area contributed by atoms with Crippen molar-refractivity contribution in [2.75, 3.05) is 0 Å². The van der Waals surface area contributed by atoms with E-state index in [9.17, 15) is 0 Å². The Labute approximate surface area is 326 Å². The lowest BCUT2D eigenvalue weighted by atomic mass is 9.62. The molecule has 56 heavy (non-hydrogen) atoms. The smallest absolute Gasteiger partial charge is 0.164 e. The lowest BCUT2D eigenvalue weighted by molar-refractivity contribution is 0.434. The highest BCUT2D eigenvalue weighted by Crippen LogP contribution is 2.56. The first-order valence-corrected chi connectivity index (χ1v) is 18.9. The summed E-state index contributed by atoms with van der Waals surface area (Å²) in [6.45, 7) is 0. The van der Waals surface area contributed by atoms with Gasteiger partial charge in [0, 0.05) is 27.8 Å². The highest BCUT2D eigenvalue weighted by Gasteiger charge is 2.46. The standard InChI is InChI=1S/C52H35N3O/c1-4-16-39(17-5-1)49-53-50(40-18-6-2-7-19-40)55-51(54-49)41-34-30-37(31-35-41)36-28-32-38(33-29-36)43-22-10-11-23-44(43)52(42-20-8-3-9-21-42)45-24-12-14-26-47(45)56-48-27-15-13-25-46(48)52/h1-35H. The molecule has 2 heterocycles. The summed E-state index contributed by atoms with van der Waals surface area (Å²) in [5.74, 6) is 3.67. The molecule has 0 unspecified atom stereocenters. The quantitative estimate of drug-likeness (QED) is 0.165. The Hall–Kier alpha value is -7.43. The molecule has 0 aliphatic carbocycles. The number of fused-ring (bicyclic) bond motifs is 2. The molecule has 1 aromatic heterocycles. The van der Waals surface area contributed by atoms with Crippen LogP contribution in [0.25, 0.3) is 56.4 Å². The van der Waals surface area contributed by atoms with Crippen LogP contribution in [0.5, 0.6) is 11.5 Å². The zero-order valence-corrected chi connectivity index (χ0v) is 30.5. The van der Waals surface area contributed by atoms with Crippen LogP contribution in [-0.4, -0.2) is 15.0 Å². The molecule has 0 atom stereocenters. The van der Waals surface area contributed by atoms with Gasteiger partial charge in [-0.2, -0.15) is 0 Å². The van der Waals surface area contributed by atoms with Gasteiger partial charge in [0.05, 0.1) is 5.41 Å². The van der Waals surface area contributed by atoms with E-state index in [2.05, 4.69) is 140 Å². The SMILES string of the molecule is c1ccc(-c2nc(-c3ccccc3)nc(-c3ccc(-c4ccc(-c5ccccc5C5(c6ccccc6)c6ccccc6Oc6ccccc65)cc4)cc3)n2)cc1. The van der Waals surface area contributed by atoms with Gasteiger partial charge in [0.2, 0.25) is 0 Å². The van der Waals surface area contributed by atoms with Crippen LogP contribution in [0, 0.1) is 0 Å². The zero-order chi connectivity index (χ0) is 37.3. The number of nitrogens with zero attached hydrogens (tertiary/aromatic N) is 3. The maximum Gasteiger partial charge on any atom is 0.164 e. The molecule has 0 radical (unpaired) electrons. The van der Waals surface area contributed by atoms with Crippen LogP contribution in [0.15, 0.2) is 212 Å². The van der Waals surface area contributed by atoms with Gasteiger partial charge in [-0.3, -0.25) is 0 Å². The van der Waals surface area contributed by atoms with Crippen LogP contribution < -0.4 is 4.74 Å². The fraction of sp³-hybridized carbons (Fsp3) is 0.0192. The van der Waals surface area contributed by atoms with E-state index in [1.165, 1.54) is 16.7 Å². The highest BCUT2D eigenvalue weighted by atomic mass is 16.5. The molecule has 0 spiro atoms. The van der Waals surface area contributed by atoms with Gasteiger partial charge in [-0.05, 0) is 45.5 Å². The third kappa shape index (κ3) is 5.76. The normalized spacial score (nSPS) is 12.6.